The van der Waals surface area contributed by atoms with Gasteiger partial charge in [0, 0.05) is 19.1 Å². The van der Waals surface area contributed by atoms with Gasteiger partial charge in [-0.15, -0.1) is 0 Å². The van der Waals surface area contributed by atoms with Crippen LogP contribution in [-0.4, -0.2) is 38.1 Å². The summed E-state index contributed by atoms with van der Waals surface area (Å²) in [5, 5.41) is 3.42. The van der Waals surface area contributed by atoms with E-state index in [0.29, 0.717) is 6.04 Å². The van der Waals surface area contributed by atoms with Crippen LogP contribution in [0.15, 0.2) is 0 Å². The number of hydrogen-bond donors (Lipinski definition) is 1. The first kappa shape index (κ1) is 13.0. The summed E-state index contributed by atoms with van der Waals surface area (Å²) in [6.07, 6.45) is 5.82. The molecule has 0 aromatic heterocycles. The zero-order valence-corrected chi connectivity index (χ0v) is 10.9. The van der Waals surface area contributed by atoms with Crippen molar-refractivity contribution >= 4 is 0 Å². The van der Waals surface area contributed by atoms with Crippen LogP contribution in [0.1, 0.15) is 39.5 Å². The van der Waals surface area contributed by atoms with Gasteiger partial charge >= 0.3 is 0 Å². The lowest BCUT2D eigenvalue weighted by molar-refractivity contribution is 0.230. The third-order valence-corrected chi connectivity index (χ3v) is 3.73. The molecule has 1 unspecified atom stereocenters. The molecule has 1 atom stereocenters. The van der Waals surface area contributed by atoms with E-state index in [1.165, 1.54) is 38.8 Å². The molecule has 1 N–H and O–H groups in total. The van der Waals surface area contributed by atoms with E-state index < -0.39 is 0 Å². The Morgan fingerprint density at radius 2 is 1.87 bits per heavy atom. The Hall–Kier alpha value is -0.0800. The predicted octanol–water partition coefficient (Wildman–Crippen LogP) is 2.35. The molecule has 90 valence electrons. The second-order valence-electron chi connectivity index (χ2n) is 5.51. The van der Waals surface area contributed by atoms with Crippen LogP contribution in [0.25, 0.3) is 0 Å². The molecule has 1 fully saturated rings. The molecule has 0 bridgehead atoms. The quantitative estimate of drug-likeness (QED) is 0.727. The molecule has 2 nitrogen and oxygen atoms in total. The Bertz CT molecular complexity index is 162. The topological polar surface area (TPSA) is 15.3 Å². The van der Waals surface area contributed by atoms with Crippen LogP contribution in [-0.2, 0) is 0 Å². The van der Waals surface area contributed by atoms with Crippen LogP contribution in [0.4, 0.5) is 0 Å². The van der Waals surface area contributed by atoms with Crippen molar-refractivity contribution in [2.45, 2.75) is 45.6 Å². The van der Waals surface area contributed by atoms with Gasteiger partial charge in [0.05, 0.1) is 0 Å². The zero-order valence-electron chi connectivity index (χ0n) is 10.9. The Morgan fingerprint density at radius 3 is 2.33 bits per heavy atom. The van der Waals surface area contributed by atoms with E-state index in [1.54, 1.807) is 0 Å². The maximum atomic E-state index is 3.42. The van der Waals surface area contributed by atoms with Gasteiger partial charge in [0.2, 0.25) is 0 Å². The van der Waals surface area contributed by atoms with E-state index in [-0.39, 0.29) is 0 Å². The molecule has 0 aromatic rings. The van der Waals surface area contributed by atoms with Crippen LogP contribution in [0, 0.1) is 11.8 Å². The first-order valence-electron chi connectivity index (χ1n) is 6.49. The van der Waals surface area contributed by atoms with Crippen molar-refractivity contribution in [1.29, 1.82) is 0 Å². The van der Waals surface area contributed by atoms with Gasteiger partial charge in [-0.2, -0.15) is 0 Å². The fourth-order valence-corrected chi connectivity index (χ4v) is 2.68. The highest BCUT2D eigenvalue weighted by Crippen LogP contribution is 2.25. The summed E-state index contributed by atoms with van der Waals surface area (Å²) in [4.78, 5) is 2.51. The van der Waals surface area contributed by atoms with Gasteiger partial charge in [-0.3, -0.25) is 0 Å². The third-order valence-electron chi connectivity index (χ3n) is 3.73. The molecule has 15 heavy (non-hydrogen) atoms. The molecule has 0 heterocycles. The van der Waals surface area contributed by atoms with Gasteiger partial charge in [0.25, 0.3) is 0 Å². The zero-order chi connectivity index (χ0) is 11.3. The second kappa shape index (κ2) is 6.49. The molecule has 1 aliphatic rings. The molecule has 1 aliphatic carbocycles. The average Bonchev–Trinajstić information content (AvgIpc) is 2.66. The molecule has 0 spiro atoms. The van der Waals surface area contributed by atoms with Gasteiger partial charge in [-0.1, -0.05) is 26.7 Å². The highest BCUT2D eigenvalue weighted by atomic mass is 15.1. The number of likely N-dealkylation sites (N-methyl/N-ethyl adjacent to an activating group) is 2. The summed E-state index contributed by atoms with van der Waals surface area (Å²) in [5.41, 5.74) is 0. The summed E-state index contributed by atoms with van der Waals surface area (Å²) < 4.78 is 0. The van der Waals surface area contributed by atoms with Gasteiger partial charge < -0.3 is 10.2 Å². The van der Waals surface area contributed by atoms with Crippen LogP contribution in [0.5, 0.6) is 0 Å². The van der Waals surface area contributed by atoms with Crippen molar-refractivity contribution in [3.8, 4) is 0 Å². The Kier molecular flexibility index (Phi) is 5.62. The van der Waals surface area contributed by atoms with Crippen molar-refractivity contribution in [3.05, 3.63) is 0 Å². The summed E-state index contributed by atoms with van der Waals surface area (Å²) in [7, 11) is 4.35. The average molecular weight is 212 g/mol. The minimum absolute atomic E-state index is 0.636. The van der Waals surface area contributed by atoms with E-state index in [0.717, 1.165) is 11.8 Å². The largest absolute Gasteiger partial charge is 0.315 e. The van der Waals surface area contributed by atoms with Crippen molar-refractivity contribution < 1.29 is 0 Å². The highest BCUT2D eigenvalue weighted by Gasteiger charge is 2.19. The Morgan fingerprint density at radius 1 is 1.27 bits per heavy atom. The van der Waals surface area contributed by atoms with E-state index in [2.05, 4.69) is 38.2 Å². The van der Waals surface area contributed by atoms with Crippen LogP contribution < -0.4 is 5.32 Å². The van der Waals surface area contributed by atoms with Crippen molar-refractivity contribution in [3.63, 3.8) is 0 Å². The molecule has 0 amide bonds. The number of nitrogens with zero attached hydrogens (tertiary/aromatic N) is 1. The molecular weight excluding hydrogens is 184 g/mol. The number of hydrogen-bond acceptors (Lipinski definition) is 2. The molecule has 1 rings (SSSR count). The smallest absolute Gasteiger partial charge is 0.0214 e. The van der Waals surface area contributed by atoms with E-state index in [9.17, 15) is 0 Å². The number of rotatable bonds is 6. The molecule has 0 radical (unpaired) electrons. The SMILES string of the molecule is CNC(CN(C)CC1CCCC1)C(C)C. The lowest BCUT2D eigenvalue weighted by atomic mass is 10.0. The molecule has 0 saturated heterocycles. The van der Waals surface area contributed by atoms with E-state index in [4.69, 9.17) is 0 Å². The minimum atomic E-state index is 0.636. The van der Waals surface area contributed by atoms with Gasteiger partial charge in [-0.25, -0.2) is 0 Å². The van der Waals surface area contributed by atoms with Crippen LogP contribution in [0.3, 0.4) is 0 Å². The molecule has 0 aliphatic heterocycles. The summed E-state index contributed by atoms with van der Waals surface area (Å²) in [6, 6.07) is 0.636. The molecule has 0 aromatic carbocycles. The Balaban J connectivity index is 2.23. The van der Waals surface area contributed by atoms with E-state index >= 15 is 0 Å². The maximum absolute atomic E-state index is 3.42. The highest BCUT2D eigenvalue weighted by molar-refractivity contribution is 4.75. The molecular formula is C13H28N2. The summed E-state index contributed by atoms with van der Waals surface area (Å²) in [5.74, 6) is 1.70. The van der Waals surface area contributed by atoms with E-state index in [1.807, 2.05) is 0 Å². The third kappa shape index (κ3) is 4.52. The van der Waals surface area contributed by atoms with Crippen molar-refractivity contribution in [1.82, 2.24) is 10.2 Å². The summed E-state index contributed by atoms with van der Waals surface area (Å²) in [6.45, 7) is 7.07. The normalized spacial score (nSPS) is 20.4. The fourth-order valence-electron chi connectivity index (χ4n) is 2.68. The fraction of sp³-hybridized carbons (Fsp3) is 1.00. The van der Waals surface area contributed by atoms with Crippen molar-refractivity contribution in [2.75, 3.05) is 27.2 Å². The number of nitrogens with one attached hydrogen (secondary N) is 1. The van der Waals surface area contributed by atoms with Gasteiger partial charge in [0.1, 0.15) is 0 Å². The first-order valence-corrected chi connectivity index (χ1v) is 6.49. The molecule has 1 saturated carbocycles. The minimum Gasteiger partial charge on any atom is -0.315 e. The van der Waals surface area contributed by atoms with Crippen LogP contribution in [0.2, 0.25) is 0 Å². The lowest BCUT2D eigenvalue weighted by Gasteiger charge is -2.28. The second-order valence-corrected chi connectivity index (χ2v) is 5.51. The van der Waals surface area contributed by atoms with Crippen LogP contribution >= 0.6 is 0 Å². The maximum Gasteiger partial charge on any atom is 0.0214 e. The lowest BCUT2D eigenvalue weighted by Crippen LogP contribution is -2.42. The van der Waals surface area contributed by atoms with Gasteiger partial charge in [0.15, 0.2) is 0 Å². The van der Waals surface area contributed by atoms with Gasteiger partial charge in [-0.05, 0) is 38.8 Å². The first-order chi connectivity index (χ1) is 7.13. The Labute approximate surface area is 95.4 Å². The predicted molar refractivity (Wildman–Crippen MR) is 67.1 cm³/mol. The summed E-state index contributed by atoms with van der Waals surface area (Å²) >= 11 is 0. The standard InChI is InChI=1S/C13H28N2/c1-11(2)13(14-3)10-15(4)9-12-7-5-6-8-12/h11-14H,5-10H2,1-4H3. The molecule has 2 heteroatoms. The monoisotopic (exact) mass is 212 g/mol. The van der Waals surface area contributed by atoms with Crippen molar-refractivity contribution in [2.24, 2.45) is 11.8 Å².